The maximum atomic E-state index is 11.8. The molecule has 114 valence electrons. The smallest absolute Gasteiger partial charge is 0.344 e. The minimum atomic E-state index is -0.210. The first-order chi connectivity index (χ1) is 9.95. The molecule has 1 aromatic heterocycles. The minimum Gasteiger partial charge on any atom is -0.496 e. The summed E-state index contributed by atoms with van der Waals surface area (Å²) < 4.78 is 7.00. The van der Waals surface area contributed by atoms with Crippen molar-refractivity contribution in [1.82, 2.24) is 14.8 Å². The van der Waals surface area contributed by atoms with Gasteiger partial charge in [0.05, 0.1) is 7.11 Å². The molecule has 2 rings (SSSR count). The van der Waals surface area contributed by atoms with Crippen molar-refractivity contribution in [2.24, 2.45) is 5.73 Å². The lowest BCUT2D eigenvalue weighted by Gasteiger charge is -2.16. The van der Waals surface area contributed by atoms with Gasteiger partial charge in [-0.2, -0.15) is 0 Å². The highest BCUT2D eigenvalue weighted by Gasteiger charge is 2.18. The summed E-state index contributed by atoms with van der Waals surface area (Å²) in [6.45, 7) is 5.79. The van der Waals surface area contributed by atoms with E-state index in [2.05, 4.69) is 10.2 Å². The number of hydrogen-bond acceptors (Lipinski definition) is 5. The molecular formula is C14H20N4O2S. The topological polar surface area (TPSA) is 85.9 Å². The third-order valence-electron chi connectivity index (χ3n) is 3.09. The molecule has 1 unspecified atom stereocenters. The predicted molar refractivity (Wildman–Crippen MR) is 83.0 cm³/mol. The summed E-state index contributed by atoms with van der Waals surface area (Å²) in [6.07, 6.45) is 0. The van der Waals surface area contributed by atoms with Gasteiger partial charge in [-0.05, 0) is 44.7 Å². The number of nitrogens with zero attached hydrogens (tertiary/aromatic N) is 2. The molecule has 1 atom stereocenters. The monoisotopic (exact) mass is 308 g/mol. The van der Waals surface area contributed by atoms with Crippen molar-refractivity contribution in [3.8, 4) is 5.75 Å². The van der Waals surface area contributed by atoms with Crippen LogP contribution in [0.4, 0.5) is 0 Å². The molecule has 6 nitrogen and oxygen atoms in total. The van der Waals surface area contributed by atoms with Gasteiger partial charge in [0.2, 0.25) is 0 Å². The highest BCUT2D eigenvalue weighted by atomic mass is 32.2. The zero-order chi connectivity index (χ0) is 15.6. The number of aromatic amines is 1. The highest BCUT2D eigenvalue weighted by molar-refractivity contribution is 7.99. The molecular weight excluding hydrogens is 288 g/mol. The van der Waals surface area contributed by atoms with E-state index in [0.717, 1.165) is 16.2 Å². The van der Waals surface area contributed by atoms with Gasteiger partial charge < -0.3 is 10.5 Å². The van der Waals surface area contributed by atoms with Gasteiger partial charge in [-0.15, -0.1) is 5.10 Å². The Bertz CT molecular complexity index is 676. The van der Waals surface area contributed by atoms with Crippen LogP contribution in [-0.4, -0.2) is 21.9 Å². The molecule has 0 fully saturated rings. The average molecular weight is 308 g/mol. The van der Waals surface area contributed by atoms with Gasteiger partial charge in [0.1, 0.15) is 5.75 Å². The number of benzene rings is 1. The number of H-pyrrole nitrogens is 1. The first-order valence-electron chi connectivity index (χ1n) is 6.73. The summed E-state index contributed by atoms with van der Waals surface area (Å²) in [5.41, 5.74) is 6.76. The molecule has 0 aliphatic rings. The second-order valence-electron chi connectivity index (χ2n) is 5.04. The van der Waals surface area contributed by atoms with E-state index >= 15 is 0 Å². The summed E-state index contributed by atoms with van der Waals surface area (Å²) in [5.74, 6) is 0.740. The Kier molecular flexibility index (Phi) is 4.74. The Morgan fingerprint density at radius 2 is 2.10 bits per heavy atom. The van der Waals surface area contributed by atoms with Crippen molar-refractivity contribution in [3.63, 3.8) is 0 Å². The fourth-order valence-electron chi connectivity index (χ4n) is 2.16. The molecule has 3 N–H and O–H groups in total. The molecule has 1 aromatic carbocycles. The Morgan fingerprint density at radius 3 is 2.67 bits per heavy atom. The molecule has 0 aliphatic carbocycles. The van der Waals surface area contributed by atoms with E-state index in [1.54, 1.807) is 11.7 Å². The standard InChI is InChI=1S/C14H20N4O2S/c1-8(2)18-13(19)16-17-14(18)21-11-7-5-6-10(20-4)12(11)9(3)15/h5-9H,15H2,1-4H3,(H,16,19). The van der Waals surface area contributed by atoms with E-state index in [4.69, 9.17) is 10.5 Å². The lowest BCUT2D eigenvalue weighted by molar-refractivity contribution is 0.405. The number of rotatable bonds is 5. The number of nitrogens with two attached hydrogens (primary N) is 1. The maximum Gasteiger partial charge on any atom is 0.344 e. The van der Waals surface area contributed by atoms with Gasteiger partial charge >= 0.3 is 5.69 Å². The number of methoxy groups -OCH3 is 1. The molecule has 0 saturated heterocycles. The van der Waals surface area contributed by atoms with Gasteiger partial charge in [-0.3, -0.25) is 4.57 Å². The summed E-state index contributed by atoms with van der Waals surface area (Å²) in [5, 5.41) is 7.20. The zero-order valence-corrected chi connectivity index (χ0v) is 13.4. The fraction of sp³-hybridized carbons (Fsp3) is 0.429. The van der Waals surface area contributed by atoms with Crippen LogP contribution in [0, 0.1) is 0 Å². The van der Waals surface area contributed by atoms with Crippen LogP contribution in [0.5, 0.6) is 5.75 Å². The maximum absolute atomic E-state index is 11.8. The van der Waals surface area contributed by atoms with E-state index < -0.39 is 0 Å². The largest absolute Gasteiger partial charge is 0.496 e. The fourth-order valence-corrected chi connectivity index (χ4v) is 3.38. The van der Waals surface area contributed by atoms with E-state index in [-0.39, 0.29) is 17.8 Å². The molecule has 21 heavy (non-hydrogen) atoms. The summed E-state index contributed by atoms with van der Waals surface area (Å²) in [4.78, 5) is 12.7. The third-order valence-corrected chi connectivity index (χ3v) is 4.14. The van der Waals surface area contributed by atoms with Gasteiger partial charge in [0.15, 0.2) is 5.16 Å². The number of ether oxygens (including phenoxy) is 1. The van der Waals surface area contributed by atoms with Crippen LogP contribution < -0.4 is 16.2 Å². The quantitative estimate of drug-likeness (QED) is 0.885. The first kappa shape index (κ1) is 15.7. The van der Waals surface area contributed by atoms with E-state index in [1.165, 1.54) is 11.8 Å². The third kappa shape index (κ3) is 3.14. The van der Waals surface area contributed by atoms with Gasteiger partial charge in [0.25, 0.3) is 0 Å². The van der Waals surface area contributed by atoms with Crippen LogP contribution in [0.3, 0.4) is 0 Å². The Balaban J connectivity index is 2.48. The van der Waals surface area contributed by atoms with Crippen LogP contribution in [0.1, 0.15) is 38.4 Å². The summed E-state index contributed by atoms with van der Waals surface area (Å²) >= 11 is 1.41. The van der Waals surface area contributed by atoms with E-state index in [9.17, 15) is 4.79 Å². The van der Waals surface area contributed by atoms with Crippen molar-refractivity contribution in [3.05, 3.63) is 34.2 Å². The van der Waals surface area contributed by atoms with E-state index in [1.807, 2.05) is 39.0 Å². The number of hydrogen-bond donors (Lipinski definition) is 2. The Labute approximate surface area is 127 Å². The first-order valence-corrected chi connectivity index (χ1v) is 7.54. The summed E-state index contributed by atoms with van der Waals surface area (Å²) in [6, 6.07) is 5.58. The minimum absolute atomic E-state index is 0.0307. The molecule has 0 saturated carbocycles. The SMILES string of the molecule is COc1cccc(Sc2n[nH]c(=O)n2C(C)C)c1C(C)N. The number of nitrogens with one attached hydrogen (secondary N) is 1. The van der Waals surface area contributed by atoms with Crippen LogP contribution in [-0.2, 0) is 0 Å². The predicted octanol–water partition coefficient (Wildman–Crippen LogP) is 2.33. The Hall–Kier alpha value is -1.73. The van der Waals surface area contributed by atoms with Gasteiger partial charge in [0, 0.05) is 22.5 Å². The Morgan fingerprint density at radius 1 is 1.38 bits per heavy atom. The lowest BCUT2D eigenvalue weighted by Crippen LogP contribution is -2.19. The average Bonchev–Trinajstić information content (AvgIpc) is 2.79. The molecule has 1 heterocycles. The normalized spacial score (nSPS) is 12.7. The van der Waals surface area contributed by atoms with Crippen molar-refractivity contribution >= 4 is 11.8 Å². The van der Waals surface area contributed by atoms with Crippen molar-refractivity contribution in [2.75, 3.05) is 7.11 Å². The summed E-state index contributed by atoms with van der Waals surface area (Å²) in [7, 11) is 1.62. The zero-order valence-electron chi connectivity index (χ0n) is 12.6. The molecule has 0 bridgehead atoms. The molecule has 0 spiro atoms. The second-order valence-corrected chi connectivity index (χ2v) is 6.05. The second kappa shape index (κ2) is 6.36. The molecule has 0 aliphatic heterocycles. The van der Waals surface area contributed by atoms with Crippen molar-refractivity contribution < 1.29 is 4.74 Å². The van der Waals surface area contributed by atoms with Crippen molar-refractivity contribution in [1.29, 1.82) is 0 Å². The van der Waals surface area contributed by atoms with Crippen LogP contribution >= 0.6 is 11.8 Å². The van der Waals surface area contributed by atoms with Crippen LogP contribution in [0.2, 0.25) is 0 Å². The van der Waals surface area contributed by atoms with Gasteiger partial charge in [-0.1, -0.05) is 6.07 Å². The molecule has 7 heteroatoms. The van der Waals surface area contributed by atoms with Gasteiger partial charge in [-0.25, -0.2) is 9.89 Å². The van der Waals surface area contributed by atoms with E-state index in [0.29, 0.717) is 5.16 Å². The molecule has 0 radical (unpaired) electrons. The van der Waals surface area contributed by atoms with Crippen LogP contribution in [0.25, 0.3) is 0 Å². The highest BCUT2D eigenvalue weighted by Crippen LogP contribution is 2.37. The lowest BCUT2D eigenvalue weighted by atomic mass is 10.1. The molecule has 2 aromatic rings. The van der Waals surface area contributed by atoms with Crippen molar-refractivity contribution in [2.45, 2.75) is 42.9 Å². The number of aromatic nitrogens is 3. The van der Waals surface area contributed by atoms with Crippen LogP contribution in [0.15, 0.2) is 33.0 Å². The molecule has 0 amide bonds.